The first kappa shape index (κ1) is 14.7. The molecule has 0 atom stereocenters. The molecular formula is C16H20N4O2. The number of aryl methyl sites for hydroxylation is 1. The monoisotopic (exact) mass is 300 g/mol. The summed E-state index contributed by atoms with van der Waals surface area (Å²) in [4.78, 5) is 14.0. The van der Waals surface area contributed by atoms with Gasteiger partial charge in [-0.25, -0.2) is 4.68 Å². The number of aromatic nitrogens is 3. The summed E-state index contributed by atoms with van der Waals surface area (Å²) in [5, 5.41) is 16.8. The van der Waals surface area contributed by atoms with Crippen molar-refractivity contribution in [3.8, 4) is 0 Å². The lowest BCUT2D eigenvalue weighted by atomic mass is 10.1. The summed E-state index contributed by atoms with van der Waals surface area (Å²) in [6.45, 7) is 1.26. The zero-order valence-corrected chi connectivity index (χ0v) is 12.4. The first-order valence-electron chi connectivity index (χ1n) is 7.59. The Morgan fingerprint density at radius 1 is 1.27 bits per heavy atom. The van der Waals surface area contributed by atoms with Crippen LogP contribution in [0.25, 0.3) is 0 Å². The Labute approximate surface area is 129 Å². The minimum Gasteiger partial charge on any atom is -0.390 e. The summed E-state index contributed by atoms with van der Waals surface area (Å²) in [7, 11) is 0. The van der Waals surface area contributed by atoms with E-state index in [4.69, 9.17) is 5.11 Å². The average Bonchev–Trinajstić information content (AvgIpc) is 2.95. The highest BCUT2D eigenvalue weighted by Gasteiger charge is 2.32. The summed E-state index contributed by atoms with van der Waals surface area (Å²) < 4.78 is 1.74. The van der Waals surface area contributed by atoms with E-state index in [9.17, 15) is 4.79 Å². The Kier molecular flexibility index (Phi) is 4.48. The number of carbonyl (C=O) groups is 1. The predicted molar refractivity (Wildman–Crippen MR) is 80.9 cm³/mol. The van der Waals surface area contributed by atoms with E-state index in [1.807, 2.05) is 23.1 Å². The van der Waals surface area contributed by atoms with Crippen LogP contribution in [0.15, 0.2) is 36.5 Å². The van der Waals surface area contributed by atoms with Crippen molar-refractivity contribution in [3.63, 3.8) is 0 Å². The van der Waals surface area contributed by atoms with E-state index < -0.39 is 0 Å². The third-order valence-electron chi connectivity index (χ3n) is 4.01. The molecule has 0 aliphatic carbocycles. The van der Waals surface area contributed by atoms with Gasteiger partial charge in [0.05, 0.1) is 18.8 Å². The van der Waals surface area contributed by atoms with Crippen LogP contribution in [-0.4, -0.2) is 44.0 Å². The minimum absolute atomic E-state index is 0.102. The molecule has 1 aliphatic heterocycles. The van der Waals surface area contributed by atoms with Gasteiger partial charge in [0, 0.05) is 19.5 Å². The highest BCUT2D eigenvalue weighted by Crippen LogP contribution is 2.21. The second-order valence-electron chi connectivity index (χ2n) is 5.64. The lowest BCUT2D eigenvalue weighted by Crippen LogP contribution is -2.50. The molecule has 6 heteroatoms. The number of aliphatic hydroxyl groups excluding tert-OH is 1. The first-order chi connectivity index (χ1) is 10.8. The maximum absolute atomic E-state index is 12.1. The number of nitrogens with zero attached hydrogens (tertiary/aromatic N) is 4. The molecular weight excluding hydrogens is 280 g/mol. The zero-order valence-electron chi connectivity index (χ0n) is 12.4. The van der Waals surface area contributed by atoms with Crippen molar-refractivity contribution < 1.29 is 9.90 Å². The van der Waals surface area contributed by atoms with Crippen LogP contribution in [-0.2, 0) is 17.8 Å². The second kappa shape index (κ2) is 6.70. The maximum Gasteiger partial charge on any atom is 0.222 e. The molecule has 0 radical (unpaired) electrons. The smallest absolute Gasteiger partial charge is 0.222 e. The number of carbonyl (C=O) groups excluding carboxylic acids is 1. The van der Waals surface area contributed by atoms with E-state index in [0.717, 1.165) is 12.8 Å². The molecule has 1 N–H and O–H groups in total. The number of hydrogen-bond acceptors (Lipinski definition) is 4. The van der Waals surface area contributed by atoms with E-state index in [1.165, 1.54) is 5.56 Å². The van der Waals surface area contributed by atoms with E-state index in [-0.39, 0.29) is 18.6 Å². The van der Waals surface area contributed by atoms with Gasteiger partial charge in [0.25, 0.3) is 0 Å². The summed E-state index contributed by atoms with van der Waals surface area (Å²) >= 11 is 0. The van der Waals surface area contributed by atoms with Crippen molar-refractivity contribution in [2.24, 2.45) is 0 Å². The van der Waals surface area contributed by atoms with E-state index >= 15 is 0 Å². The summed E-state index contributed by atoms with van der Waals surface area (Å²) in [5.41, 5.74) is 1.84. The number of hydrogen-bond donors (Lipinski definition) is 1. The molecule has 1 amide bonds. The van der Waals surface area contributed by atoms with Crippen molar-refractivity contribution in [1.29, 1.82) is 0 Å². The van der Waals surface area contributed by atoms with Gasteiger partial charge in [0.1, 0.15) is 5.69 Å². The van der Waals surface area contributed by atoms with Crippen molar-refractivity contribution >= 4 is 5.91 Å². The molecule has 1 aromatic carbocycles. The fourth-order valence-corrected chi connectivity index (χ4v) is 2.64. The van der Waals surface area contributed by atoms with Gasteiger partial charge in [-0.3, -0.25) is 4.79 Å². The van der Waals surface area contributed by atoms with Crippen LogP contribution in [0.2, 0.25) is 0 Å². The molecule has 6 nitrogen and oxygen atoms in total. The van der Waals surface area contributed by atoms with Crippen molar-refractivity contribution in [3.05, 3.63) is 47.8 Å². The van der Waals surface area contributed by atoms with Gasteiger partial charge in [-0.15, -0.1) is 5.10 Å². The maximum atomic E-state index is 12.1. The normalized spacial score (nSPS) is 14.9. The first-order valence-corrected chi connectivity index (χ1v) is 7.59. The van der Waals surface area contributed by atoms with Gasteiger partial charge in [-0.05, 0) is 18.4 Å². The molecule has 1 aliphatic rings. The summed E-state index contributed by atoms with van der Waals surface area (Å²) in [5.74, 6) is 0.203. The molecule has 3 rings (SSSR count). The molecule has 116 valence electrons. The topological polar surface area (TPSA) is 71.2 Å². The number of aliphatic hydroxyl groups is 1. The molecule has 0 bridgehead atoms. The fourth-order valence-electron chi connectivity index (χ4n) is 2.64. The quantitative estimate of drug-likeness (QED) is 0.869. The molecule has 2 heterocycles. The third-order valence-corrected chi connectivity index (χ3v) is 4.01. The molecule has 0 unspecified atom stereocenters. The number of likely N-dealkylation sites (tertiary alicyclic amines) is 1. The lowest BCUT2D eigenvalue weighted by molar-refractivity contribution is -0.137. The standard InChI is InChI=1S/C16H20N4O2/c21-12-14-9-20(18-17-14)15-10-19(11-15)16(22)8-4-7-13-5-2-1-3-6-13/h1-3,5-6,9,15,21H,4,7-8,10-12H2. The van der Waals surface area contributed by atoms with Crippen LogP contribution in [0.1, 0.15) is 30.1 Å². The molecule has 22 heavy (non-hydrogen) atoms. The van der Waals surface area contributed by atoms with Crippen LogP contribution in [0.3, 0.4) is 0 Å². The van der Waals surface area contributed by atoms with Crippen molar-refractivity contribution in [2.75, 3.05) is 13.1 Å². The molecule has 1 saturated heterocycles. The minimum atomic E-state index is -0.102. The Hall–Kier alpha value is -2.21. The Morgan fingerprint density at radius 3 is 2.73 bits per heavy atom. The Bertz CT molecular complexity index is 620. The van der Waals surface area contributed by atoms with Gasteiger partial charge < -0.3 is 10.0 Å². The molecule has 0 spiro atoms. The molecule has 1 fully saturated rings. The molecule has 1 aromatic heterocycles. The average molecular weight is 300 g/mol. The largest absolute Gasteiger partial charge is 0.390 e. The van der Waals surface area contributed by atoms with Crippen LogP contribution in [0.5, 0.6) is 0 Å². The van der Waals surface area contributed by atoms with E-state index in [2.05, 4.69) is 22.4 Å². The van der Waals surface area contributed by atoms with Crippen molar-refractivity contribution in [2.45, 2.75) is 31.9 Å². The van der Waals surface area contributed by atoms with Gasteiger partial charge in [0.2, 0.25) is 5.91 Å². The highest BCUT2D eigenvalue weighted by atomic mass is 16.3. The zero-order chi connectivity index (χ0) is 15.4. The predicted octanol–water partition coefficient (Wildman–Crippen LogP) is 1.18. The van der Waals surface area contributed by atoms with E-state index in [0.29, 0.717) is 25.2 Å². The lowest BCUT2D eigenvalue weighted by Gasteiger charge is -2.39. The second-order valence-corrected chi connectivity index (χ2v) is 5.64. The number of rotatable bonds is 6. The van der Waals surface area contributed by atoms with Crippen LogP contribution in [0.4, 0.5) is 0 Å². The fraction of sp³-hybridized carbons (Fsp3) is 0.438. The Balaban J connectivity index is 1.40. The number of amides is 1. The Morgan fingerprint density at radius 2 is 2.05 bits per heavy atom. The third kappa shape index (κ3) is 3.33. The van der Waals surface area contributed by atoms with Crippen molar-refractivity contribution in [1.82, 2.24) is 19.9 Å². The summed E-state index contributed by atoms with van der Waals surface area (Å²) in [6, 6.07) is 10.4. The molecule has 2 aromatic rings. The summed E-state index contributed by atoms with van der Waals surface area (Å²) in [6.07, 6.45) is 4.14. The molecule has 0 saturated carbocycles. The van der Waals surface area contributed by atoms with Gasteiger partial charge in [-0.1, -0.05) is 35.5 Å². The van der Waals surface area contributed by atoms with Crippen LogP contribution in [0, 0.1) is 0 Å². The van der Waals surface area contributed by atoms with Crippen LogP contribution < -0.4 is 0 Å². The highest BCUT2D eigenvalue weighted by molar-refractivity contribution is 5.77. The van der Waals surface area contributed by atoms with E-state index in [1.54, 1.807) is 10.9 Å². The number of benzene rings is 1. The SMILES string of the molecule is O=C(CCCc1ccccc1)N1CC(n2cc(CO)nn2)C1. The van der Waals surface area contributed by atoms with Crippen LogP contribution >= 0.6 is 0 Å². The van der Waals surface area contributed by atoms with Gasteiger partial charge >= 0.3 is 0 Å². The van der Waals surface area contributed by atoms with Gasteiger partial charge in [0.15, 0.2) is 0 Å². The van der Waals surface area contributed by atoms with Gasteiger partial charge in [-0.2, -0.15) is 0 Å².